The summed E-state index contributed by atoms with van der Waals surface area (Å²) in [6.07, 6.45) is 0.679. The van der Waals surface area contributed by atoms with Gasteiger partial charge in [0.1, 0.15) is 5.75 Å². The average molecular weight is 447 g/mol. The van der Waals surface area contributed by atoms with Crippen LogP contribution < -0.4 is 10.1 Å². The third-order valence-electron chi connectivity index (χ3n) is 3.85. The first kappa shape index (κ1) is 19.6. The van der Waals surface area contributed by atoms with Gasteiger partial charge in [-0.15, -0.1) is 22.7 Å². The van der Waals surface area contributed by atoms with Crippen LogP contribution in [0.25, 0.3) is 10.6 Å². The number of thiophene rings is 1. The lowest BCUT2D eigenvalue weighted by Gasteiger charge is -2.05. The topological polar surface area (TPSA) is 90.1 Å². The summed E-state index contributed by atoms with van der Waals surface area (Å²) in [6.45, 7) is 2.13. The molecule has 1 amide bonds. The Morgan fingerprint density at radius 2 is 2.03 bits per heavy atom. The molecule has 4 rings (SSSR count). The van der Waals surface area contributed by atoms with E-state index in [-0.39, 0.29) is 12.5 Å². The highest BCUT2D eigenvalue weighted by atomic mass is 35.5. The molecular weight excluding hydrogens is 432 g/mol. The van der Waals surface area contributed by atoms with Crippen LogP contribution in [-0.2, 0) is 13.0 Å². The number of carbonyl (C=O) groups excluding carboxylic acids is 1. The summed E-state index contributed by atoms with van der Waals surface area (Å²) in [6, 6.07) is 10.5. The molecule has 1 N–H and O–H groups in total. The van der Waals surface area contributed by atoms with Gasteiger partial charge in [0.25, 0.3) is 5.91 Å². The van der Waals surface area contributed by atoms with E-state index in [2.05, 4.69) is 20.4 Å². The van der Waals surface area contributed by atoms with Gasteiger partial charge in [-0.05, 0) is 36.4 Å². The predicted octanol–water partition coefficient (Wildman–Crippen LogP) is 5.30. The molecule has 0 bridgehead atoms. The van der Waals surface area contributed by atoms with Crippen molar-refractivity contribution in [3.05, 3.63) is 63.4 Å². The predicted molar refractivity (Wildman–Crippen MR) is 113 cm³/mol. The molecule has 0 saturated carbocycles. The van der Waals surface area contributed by atoms with Gasteiger partial charge in [0.2, 0.25) is 11.7 Å². The number of halogens is 1. The summed E-state index contributed by atoms with van der Waals surface area (Å²) in [5, 5.41) is 9.05. The van der Waals surface area contributed by atoms with Gasteiger partial charge < -0.3 is 9.26 Å². The molecule has 0 atom stereocenters. The molecule has 29 heavy (non-hydrogen) atoms. The Morgan fingerprint density at radius 1 is 1.21 bits per heavy atom. The fraction of sp³-hybridized carbons (Fsp3) is 0.158. The lowest BCUT2D eigenvalue weighted by Crippen LogP contribution is -2.11. The van der Waals surface area contributed by atoms with E-state index in [1.807, 2.05) is 24.4 Å². The fourth-order valence-electron chi connectivity index (χ4n) is 2.41. The molecular formula is C19H15ClN4O3S2. The van der Waals surface area contributed by atoms with Crippen molar-refractivity contribution in [2.45, 2.75) is 20.0 Å². The lowest BCUT2D eigenvalue weighted by molar-refractivity contribution is 0.102. The number of hydrogen-bond acceptors (Lipinski definition) is 8. The zero-order valence-corrected chi connectivity index (χ0v) is 17.6. The summed E-state index contributed by atoms with van der Waals surface area (Å²) >= 11 is 8.77. The van der Waals surface area contributed by atoms with Gasteiger partial charge in [0, 0.05) is 17.4 Å². The maximum absolute atomic E-state index is 12.5. The quantitative estimate of drug-likeness (QED) is 0.414. The summed E-state index contributed by atoms with van der Waals surface area (Å²) in [5.74, 6) is 1.42. The van der Waals surface area contributed by atoms with E-state index in [0.717, 1.165) is 10.6 Å². The van der Waals surface area contributed by atoms with Crippen molar-refractivity contribution >= 4 is 45.3 Å². The van der Waals surface area contributed by atoms with E-state index in [4.69, 9.17) is 20.9 Å². The Morgan fingerprint density at radius 3 is 2.72 bits per heavy atom. The zero-order valence-electron chi connectivity index (χ0n) is 15.2. The number of rotatable bonds is 7. The van der Waals surface area contributed by atoms with Crippen LogP contribution in [0, 0.1) is 0 Å². The number of amides is 1. The largest absolute Gasteiger partial charge is 0.485 e. The van der Waals surface area contributed by atoms with Crippen molar-refractivity contribution < 1.29 is 14.1 Å². The standard InChI is InChI=1S/C19H15ClN4O3S2/c1-2-17-22-16(24-27-17)9-26-12-5-3-11(4-6-12)18(25)23-19-21-13(10-28-19)14-7-8-15(20)29-14/h3-8,10H,2,9H2,1H3,(H,21,23,25). The molecule has 3 heterocycles. The van der Waals surface area contributed by atoms with Crippen LogP contribution in [0.15, 0.2) is 46.3 Å². The molecule has 1 aromatic carbocycles. The number of nitrogens with zero attached hydrogens (tertiary/aromatic N) is 3. The molecule has 10 heteroatoms. The first-order valence-electron chi connectivity index (χ1n) is 8.67. The van der Waals surface area contributed by atoms with Gasteiger partial charge in [-0.2, -0.15) is 4.98 Å². The Kier molecular flexibility index (Phi) is 5.89. The minimum absolute atomic E-state index is 0.198. The van der Waals surface area contributed by atoms with Gasteiger partial charge in [-0.25, -0.2) is 4.98 Å². The summed E-state index contributed by atoms with van der Waals surface area (Å²) in [4.78, 5) is 22.0. The van der Waals surface area contributed by atoms with Crippen LogP contribution >= 0.6 is 34.3 Å². The van der Waals surface area contributed by atoms with E-state index >= 15 is 0 Å². The molecule has 0 aliphatic carbocycles. The maximum atomic E-state index is 12.5. The molecule has 0 fully saturated rings. The molecule has 0 aliphatic heterocycles. The Hall–Kier alpha value is -2.75. The molecule has 0 unspecified atom stereocenters. The minimum atomic E-state index is -0.243. The van der Waals surface area contributed by atoms with Gasteiger partial charge in [-0.3, -0.25) is 10.1 Å². The van der Waals surface area contributed by atoms with Gasteiger partial charge >= 0.3 is 0 Å². The normalized spacial score (nSPS) is 10.8. The van der Waals surface area contributed by atoms with E-state index in [1.54, 1.807) is 24.3 Å². The second-order valence-corrected chi connectivity index (χ2v) is 8.44. The first-order valence-corrected chi connectivity index (χ1v) is 10.7. The van der Waals surface area contributed by atoms with Crippen LogP contribution in [0.1, 0.15) is 29.0 Å². The van der Waals surface area contributed by atoms with Crippen molar-refractivity contribution in [3.63, 3.8) is 0 Å². The molecule has 148 valence electrons. The molecule has 7 nitrogen and oxygen atoms in total. The number of carbonyl (C=O) groups is 1. The maximum Gasteiger partial charge on any atom is 0.257 e. The highest BCUT2D eigenvalue weighted by molar-refractivity contribution is 7.20. The van der Waals surface area contributed by atoms with E-state index < -0.39 is 0 Å². The van der Waals surface area contributed by atoms with E-state index in [1.165, 1.54) is 22.7 Å². The first-order chi connectivity index (χ1) is 14.1. The van der Waals surface area contributed by atoms with Crippen molar-refractivity contribution in [1.82, 2.24) is 15.1 Å². The number of thiazole rings is 1. The van der Waals surface area contributed by atoms with Gasteiger partial charge in [-0.1, -0.05) is 23.7 Å². The number of benzene rings is 1. The van der Waals surface area contributed by atoms with Gasteiger partial charge in [0.05, 0.1) is 14.9 Å². The van der Waals surface area contributed by atoms with Crippen molar-refractivity contribution in [2.75, 3.05) is 5.32 Å². The molecule has 0 spiro atoms. The number of hydrogen-bond donors (Lipinski definition) is 1. The SMILES string of the molecule is CCc1nc(COc2ccc(C(=O)Nc3nc(-c4ccc(Cl)s4)cs3)cc2)no1. The van der Waals surface area contributed by atoms with E-state index in [9.17, 15) is 4.79 Å². The monoisotopic (exact) mass is 446 g/mol. The molecule has 0 saturated heterocycles. The second-order valence-electron chi connectivity index (χ2n) is 5.87. The fourth-order valence-corrected chi connectivity index (χ4v) is 4.19. The molecule has 0 aliphatic rings. The zero-order chi connectivity index (χ0) is 20.2. The van der Waals surface area contributed by atoms with Crippen molar-refractivity contribution in [3.8, 4) is 16.3 Å². The Labute approximate surface area is 179 Å². The third-order valence-corrected chi connectivity index (χ3v) is 5.86. The second kappa shape index (κ2) is 8.73. The Bertz CT molecular complexity index is 1120. The third kappa shape index (κ3) is 4.81. The molecule has 3 aromatic heterocycles. The summed E-state index contributed by atoms with van der Waals surface area (Å²) < 4.78 is 11.4. The van der Waals surface area contributed by atoms with Crippen LogP contribution in [0.2, 0.25) is 4.34 Å². The van der Waals surface area contributed by atoms with Crippen LogP contribution in [0.3, 0.4) is 0 Å². The van der Waals surface area contributed by atoms with Crippen LogP contribution in [0.5, 0.6) is 5.75 Å². The molecule has 0 radical (unpaired) electrons. The number of anilines is 1. The van der Waals surface area contributed by atoms with Crippen molar-refractivity contribution in [2.24, 2.45) is 0 Å². The lowest BCUT2D eigenvalue weighted by atomic mass is 10.2. The number of aromatic nitrogens is 3. The van der Waals surface area contributed by atoms with E-state index in [0.29, 0.717) is 38.9 Å². The van der Waals surface area contributed by atoms with Crippen molar-refractivity contribution in [1.29, 1.82) is 0 Å². The number of ether oxygens (including phenoxy) is 1. The smallest absolute Gasteiger partial charge is 0.257 e. The van der Waals surface area contributed by atoms with Crippen LogP contribution in [0.4, 0.5) is 5.13 Å². The summed E-state index contributed by atoms with van der Waals surface area (Å²) in [5.41, 5.74) is 1.29. The van der Waals surface area contributed by atoms with Gasteiger partial charge in [0.15, 0.2) is 11.7 Å². The minimum Gasteiger partial charge on any atom is -0.485 e. The molecule has 4 aromatic rings. The highest BCUT2D eigenvalue weighted by Gasteiger charge is 2.12. The summed E-state index contributed by atoms with van der Waals surface area (Å²) in [7, 11) is 0. The Balaban J connectivity index is 1.35. The average Bonchev–Trinajstić information content (AvgIpc) is 3.47. The van der Waals surface area contributed by atoms with Crippen LogP contribution in [-0.4, -0.2) is 21.0 Å². The number of aryl methyl sites for hydroxylation is 1. The highest BCUT2D eigenvalue weighted by Crippen LogP contribution is 2.33. The number of nitrogens with one attached hydrogen (secondary N) is 1.